The number of rotatable bonds is 4. The van der Waals surface area contributed by atoms with E-state index >= 15 is 0 Å². The smallest absolute Gasteiger partial charge is 0.239 e. The van der Waals surface area contributed by atoms with Crippen molar-refractivity contribution in [1.29, 1.82) is 0 Å². The van der Waals surface area contributed by atoms with Gasteiger partial charge in [0, 0.05) is 33.4 Å². The molecule has 0 heterocycles. The van der Waals surface area contributed by atoms with Crippen LogP contribution in [0.4, 0.5) is 5.69 Å². The molecule has 0 fully saturated rings. The van der Waals surface area contributed by atoms with E-state index < -0.39 is 6.04 Å². The van der Waals surface area contributed by atoms with Crippen molar-refractivity contribution in [1.82, 2.24) is 4.90 Å². The number of nitrogens with zero attached hydrogens (tertiary/aromatic N) is 2. The van der Waals surface area contributed by atoms with Gasteiger partial charge in [0.25, 0.3) is 0 Å². The lowest BCUT2D eigenvalue weighted by atomic mass is 10.2. The number of carbonyl (C=O) groups is 1. The second kappa shape index (κ2) is 5.68. The van der Waals surface area contributed by atoms with E-state index in [4.69, 9.17) is 5.73 Å². The first-order valence-electron chi connectivity index (χ1n) is 5.68. The Morgan fingerprint density at radius 3 is 2.18 bits per heavy atom. The van der Waals surface area contributed by atoms with E-state index in [9.17, 15) is 4.79 Å². The van der Waals surface area contributed by atoms with E-state index in [1.807, 2.05) is 43.3 Å². The van der Waals surface area contributed by atoms with Crippen LogP contribution in [0.2, 0.25) is 0 Å². The van der Waals surface area contributed by atoms with Gasteiger partial charge in [0.15, 0.2) is 0 Å². The zero-order valence-electron chi connectivity index (χ0n) is 11.0. The van der Waals surface area contributed by atoms with Crippen molar-refractivity contribution in [2.24, 2.45) is 5.73 Å². The van der Waals surface area contributed by atoms with Crippen LogP contribution in [0.25, 0.3) is 0 Å². The minimum absolute atomic E-state index is 0.0401. The summed E-state index contributed by atoms with van der Waals surface area (Å²) in [6.07, 6.45) is 0. The predicted molar refractivity (Wildman–Crippen MR) is 70.9 cm³/mol. The molecule has 1 aromatic carbocycles. The third kappa shape index (κ3) is 3.75. The number of hydrogen-bond donors (Lipinski definition) is 1. The van der Waals surface area contributed by atoms with Crippen LogP contribution >= 0.6 is 0 Å². The number of anilines is 1. The standard InChI is InChI=1S/C13H21N3O/c1-10(14)13(17)16(4)9-11-5-7-12(8-6-11)15(2)3/h5-8,10H,9,14H2,1-4H3. The number of hydrogen-bond acceptors (Lipinski definition) is 3. The van der Waals surface area contributed by atoms with Gasteiger partial charge >= 0.3 is 0 Å². The highest BCUT2D eigenvalue weighted by atomic mass is 16.2. The summed E-state index contributed by atoms with van der Waals surface area (Å²) < 4.78 is 0. The fraction of sp³-hybridized carbons (Fsp3) is 0.462. The van der Waals surface area contributed by atoms with Crippen molar-refractivity contribution in [3.63, 3.8) is 0 Å². The van der Waals surface area contributed by atoms with E-state index in [0.717, 1.165) is 11.3 Å². The van der Waals surface area contributed by atoms with Gasteiger partial charge in [-0.15, -0.1) is 0 Å². The summed E-state index contributed by atoms with van der Waals surface area (Å²) in [6.45, 7) is 2.29. The van der Waals surface area contributed by atoms with Crippen molar-refractivity contribution < 1.29 is 4.79 Å². The molecule has 0 aliphatic carbocycles. The highest BCUT2D eigenvalue weighted by molar-refractivity contribution is 5.80. The van der Waals surface area contributed by atoms with Gasteiger partial charge in [0.2, 0.25) is 5.91 Å². The fourth-order valence-electron chi connectivity index (χ4n) is 1.60. The van der Waals surface area contributed by atoms with Crippen molar-refractivity contribution in [3.05, 3.63) is 29.8 Å². The number of likely N-dealkylation sites (N-methyl/N-ethyl adjacent to an activating group) is 1. The van der Waals surface area contributed by atoms with Crippen LogP contribution in [-0.2, 0) is 11.3 Å². The maximum atomic E-state index is 11.6. The van der Waals surface area contributed by atoms with Crippen LogP contribution < -0.4 is 10.6 Å². The summed E-state index contributed by atoms with van der Waals surface area (Å²) in [7, 11) is 5.77. The zero-order valence-corrected chi connectivity index (χ0v) is 11.0. The van der Waals surface area contributed by atoms with E-state index in [1.165, 1.54) is 0 Å². The highest BCUT2D eigenvalue weighted by Gasteiger charge is 2.13. The highest BCUT2D eigenvalue weighted by Crippen LogP contribution is 2.13. The third-order valence-corrected chi connectivity index (χ3v) is 2.64. The molecule has 0 aromatic heterocycles. The van der Waals surface area contributed by atoms with Crippen LogP contribution in [-0.4, -0.2) is 38.0 Å². The molecular formula is C13H21N3O. The average Bonchev–Trinajstić information content (AvgIpc) is 2.28. The second-order valence-electron chi connectivity index (χ2n) is 4.54. The molecule has 0 radical (unpaired) electrons. The van der Waals surface area contributed by atoms with E-state index in [1.54, 1.807) is 18.9 Å². The number of carbonyl (C=O) groups excluding carboxylic acids is 1. The average molecular weight is 235 g/mol. The molecule has 1 rings (SSSR count). The Bertz CT molecular complexity index is 371. The lowest BCUT2D eigenvalue weighted by Gasteiger charge is -2.20. The molecule has 0 aliphatic heterocycles. The molecule has 0 saturated carbocycles. The normalized spacial score (nSPS) is 12.1. The van der Waals surface area contributed by atoms with Crippen LogP contribution in [0.3, 0.4) is 0 Å². The SMILES string of the molecule is CC(N)C(=O)N(C)Cc1ccc(N(C)C)cc1. The minimum atomic E-state index is -0.443. The topological polar surface area (TPSA) is 49.6 Å². The molecule has 0 spiro atoms. The van der Waals surface area contributed by atoms with Crippen LogP contribution in [0, 0.1) is 0 Å². The second-order valence-corrected chi connectivity index (χ2v) is 4.54. The summed E-state index contributed by atoms with van der Waals surface area (Å²) in [5, 5.41) is 0. The van der Waals surface area contributed by atoms with Gasteiger partial charge in [-0.3, -0.25) is 4.79 Å². The Labute approximate surface area is 103 Å². The largest absolute Gasteiger partial charge is 0.378 e. The monoisotopic (exact) mass is 235 g/mol. The number of nitrogens with two attached hydrogens (primary N) is 1. The summed E-state index contributed by atoms with van der Waals surface area (Å²) in [6, 6.07) is 7.70. The number of benzene rings is 1. The Morgan fingerprint density at radius 2 is 1.76 bits per heavy atom. The molecule has 17 heavy (non-hydrogen) atoms. The lowest BCUT2D eigenvalue weighted by molar-refractivity contribution is -0.131. The maximum Gasteiger partial charge on any atom is 0.239 e. The molecule has 4 nitrogen and oxygen atoms in total. The predicted octanol–water partition coefficient (Wildman–Crippen LogP) is 1.06. The molecule has 0 saturated heterocycles. The zero-order chi connectivity index (χ0) is 13.0. The van der Waals surface area contributed by atoms with Crippen LogP contribution in [0.5, 0.6) is 0 Å². The minimum Gasteiger partial charge on any atom is -0.378 e. The first-order chi connectivity index (χ1) is 7.91. The van der Waals surface area contributed by atoms with Crippen molar-refractivity contribution in [3.8, 4) is 0 Å². The molecule has 0 aliphatic rings. The van der Waals surface area contributed by atoms with Gasteiger partial charge in [-0.1, -0.05) is 12.1 Å². The molecule has 1 atom stereocenters. The van der Waals surface area contributed by atoms with Gasteiger partial charge in [-0.2, -0.15) is 0 Å². The van der Waals surface area contributed by atoms with Crippen molar-refractivity contribution in [2.45, 2.75) is 19.5 Å². The molecule has 4 heteroatoms. The summed E-state index contributed by atoms with van der Waals surface area (Å²) in [4.78, 5) is 15.3. The van der Waals surface area contributed by atoms with Crippen LogP contribution in [0.15, 0.2) is 24.3 Å². The quantitative estimate of drug-likeness (QED) is 0.849. The maximum absolute atomic E-state index is 11.6. The molecule has 94 valence electrons. The summed E-state index contributed by atoms with van der Waals surface area (Å²) in [5.74, 6) is -0.0401. The third-order valence-electron chi connectivity index (χ3n) is 2.64. The number of amides is 1. The molecule has 1 unspecified atom stereocenters. The van der Waals surface area contributed by atoms with Crippen molar-refractivity contribution >= 4 is 11.6 Å². The van der Waals surface area contributed by atoms with Gasteiger partial charge in [-0.25, -0.2) is 0 Å². The molecule has 1 amide bonds. The first kappa shape index (κ1) is 13.5. The van der Waals surface area contributed by atoms with Gasteiger partial charge in [-0.05, 0) is 24.6 Å². The van der Waals surface area contributed by atoms with Gasteiger partial charge in [0.1, 0.15) is 0 Å². The van der Waals surface area contributed by atoms with Crippen molar-refractivity contribution in [2.75, 3.05) is 26.0 Å². The van der Waals surface area contributed by atoms with E-state index in [2.05, 4.69) is 0 Å². The first-order valence-corrected chi connectivity index (χ1v) is 5.68. The molecule has 1 aromatic rings. The molecule has 2 N–H and O–H groups in total. The van der Waals surface area contributed by atoms with Gasteiger partial charge in [0.05, 0.1) is 6.04 Å². The Morgan fingerprint density at radius 1 is 1.24 bits per heavy atom. The van der Waals surface area contributed by atoms with Crippen LogP contribution in [0.1, 0.15) is 12.5 Å². The summed E-state index contributed by atoms with van der Waals surface area (Å²) >= 11 is 0. The van der Waals surface area contributed by atoms with E-state index in [-0.39, 0.29) is 5.91 Å². The molecule has 0 bridgehead atoms. The van der Waals surface area contributed by atoms with E-state index in [0.29, 0.717) is 6.54 Å². The Kier molecular flexibility index (Phi) is 4.52. The summed E-state index contributed by atoms with van der Waals surface area (Å²) in [5.41, 5.74) is 7.81. The molecular weight excluding hydrogens is 214 g/mol. The lowest BCUT2D eigenvalue weighted by Crippen LogP contribution is -2.39. The Hall–Kier alpha value is -1.55. The fourth-order valence-corrected chi connectivity index (χ4v) is 1.60. The Balaban J connectivity index is 2.66. The van der Waals surface area contributed by atoms with Gasteiger partial charge < -0.3 is 15.5 Å².